The molecule has 0 aliphatic rings. The van der Waals surface area contributed by atoms with E-state index in [4.69, 9.17) is 11.6 Å². The number of aromatic amines is 1. The Labute approximate surface area is 121 Å². The monoisotopic (exact) mass is 298 g/mol. The number of halogens is 1. The van der Waals surface area contributed by atoms with Crippen molar-refractivity contribution in [2.24, 2.45) is 0 Å². The number of fused-ring (bicyclic) bond motifs is 1. The third-order valence-corrected chi connectivity index (χ3v) is 4.42. The molecule has 5 heteroatoms. The van der Waals surface area contributed by atoms with Gasteiger partial charge in [0, 0.05) is 52.0 Å². The second kappa shape index (κ2) is 6.55. The molecule has 2 rings (SSSR count). The van der Waals surface area contributed by atoms with Crippen LogP contribution in [0.5, 0.6) is 0 Å². The van der Waals surface area contributed by atoms with Gasteiger partial charge in [-0.1, -0.05) is 29.8 Å². The molecule has 2 N–H and O–H groups in total. The first-order valence-corrected chi connectivity index (χ1v) is 8.47. The molecule has 0 spiro atoms. The zero-order valence-electron chi connectivity index (χ0n) is 11.2. The van der Waals surface area contributed by atoms with Crippen LogP contribution in [0.1, 0.15) is 19.0 Å². The minimum atomic E-state index is -0.725. The van der Waals surface area contributed by atoms with E-state index in [9.17, 15) is 4.21 Å². The number of hydrogen-bond donors (Lipinski definition) is 2. The van der Waals surface area contributed by atoms with Crippen molar-refractivity contribution in [2.45, 2.75) is 25.9 Å². The van der Waals surface area contributed by atoms with Crippen LogP contribution in [0.25, 0.3) is 10.9 Å². The summed E-state index contributed by atoms with van der Waals surface area (Å²) in [6.45, 7) is 2.80. The Morgan fingerprint density at radius 1 is 1.42 bits per heavy atom. The summed E-state index contributed by atoms with van der Waals surface area (Å²) < 4.78 is 11.1. The first-order chi connectivity index (χ1) is 9.08. The van der Waals surface area contributed by atoms with Crippen LogP contribution < -0.4 is 5.32 Å². The molecule has 1 aromatic heterocycles. The molecule has 0 aliphatic carbocycles. The van der Waals surface area contributed by atoms with Crippen LogP contribution in [0.4, 0.5) is 0 Å². The molecule has 2 unspecified atom stereocenters. The molecule has 1 heterocycles. The lowest BCUT2D eigenvalue weighted by molar-refractivity contribution is 0.531. The predicted octanol–water partition coefficient (Wildman–Crippen LogP) is 3.07. The number of rotatable bonds is 6. The molecule has 0 amide bonds. The molecule has 2 aromatic rings. The first kappa shape index (κ1) is 14.6. The highest BCUT2D eigenvalue weighted by Crippen LogP contribution is 2.26. The highest BCUT2D eigenvalue weighted by molar-refractivity contribution is 7.84. The molecular weight excluding hydrogens is 280 g/mol. The largest absolute Gasteiger partial charge is 0.356 e. The maximum absolute atomic E-state index is 11.1. The predicted molar refractivity (Wildman–Crippen MR) is 83.2 cm³/mol. The van der Waals surface area contributed by atoms with Gasteiger partial charge in [-0.25, -0.2) is 0 Å². The van der Waals surface area contributed by atoms with Gasteiger partial charge in [-0.3, -0.25) is 4.21 Å². The molecule has 2 atom stereocenters. The Morgan fingerprint density at radius 2 is 2.16 bits per heavy atom. The summed E-state index contributed by atoms with van der Waals surface area (Å²) in [5, 5.41) is 5.25. The van der Waals surface area contributed by atoms with Gasteiger partial charge in [-0.15, -0.1) is 0 Å². The van der Waals surface area contributed by atoms with Gasteiger partial charge in [0.1, 0.15) is 0 Å². The molecule has 0 fully saturated rings. The van der Waals surface area contributed by atoms with E-state index in [0.717, 1.165) is 33.8 Å². The van der Waals surface area contributed by atoms with E-state index in [1.54, 1.807) is 6.26 Å². The number of aromatic nitrogens is 1. The van der Waals surface area contributed by atoms with E-state index in [0.29, 0.717) is 12.6 Å². The number of H-pyrrole nitrogens is 1. The fraction of sp³-hybridized carbons (Fsp3) is 0.429. The second-order valence-electron chi connectivity index (χ2n) is 4.81. The first-order valence-electron chi connectivity index (χ1n) is 6.36. The SMILES string of the molecule is CC(CCS(C)=O)NCc1[nH]c2ccccc2c1Cl. The summed E-state index contributed by atoms with van der Waals surface area (Å²) in [6, 6.07) is 8.34. The Kier molecular flexibility index (Phi) is 5.02. The van der Waals surface area contributed by atoms with Gasteiger partial charge in [0.25, 0.3) is 0 Å². The van der Waals surface area contributed by atoms with Gasteiger partial charge in [0.15, 0.2) is 0 Å². The van der Waals surface area contributed by atoms with Crippen molar-refractivity contribution in [1.82, 2.24) is 10.3 Å². The maximum atomic E-state index is 11.1. The smallest absolute Gasteiger partial charge is 0.0705 e. The van der Waals surface area contributed by atoms with Crippen LogP contribution in [0.2, 0.25) is 5.02 Å². The zero-order chi connectivity index (χ0) is 13.8. The van der Waals surface area contributed by atoms with Crippen molar-refractivity contribution >= 4 is 33.3 Å². The average molecular weight is 299 g/mol. The minimum absolute atomic E-state index is 0.325. The van der Waals surface area contributed by atoms with Crippen LogP contribution in [-0.2, 0) is 17.3 Å². The lowest BCUT2D eigenvalue weighted by Gasteiger charge is -2.12. The van der Waals surface area contributed by atoms with Gasteiger partial charge >= 0.3 is 0 Å². The molecule has 0 saturated carbocycles. The summed E-state index contributed by atoms with van der Waals surface area (Å²) in [6.07, 6.45) is 2.64. The summed E-state index contributed by atoms with van der Waals surface area (Å²) in [4.78, 5) is 3.33. The molecule has 0 saturated heterocycles. The van der Waals surface area contributed by atoms with Crippen LogP contribution in [0.3, 0.4) is 0 Å². The summed E-state index contributed by atoms with van der Waals surface area (Å²) in [5.41, 5.74) is 2.07. The third-order valence-electron chi connectivity index (χ3n) is 3.18. The van der Waals surface area contributed by atoms with Gasteiger partial charge in [0.05, 0.1) is 5.02 Å². The molecule has 19 heavy (non-hydrogen) atoms. The van der Waals surface area contributed by atoms with Crippen molar-refractivity contribution in [3.05, 3.63) is 35.0 Å². The molecule has 104 valence electrons. The van der Waals surface area contributed by atoms with Crippen molar-refractivity contribution < 1.29 is 4.21 Å². The van der Waals surface area contributed by atoms with Crippen LogP contribution in [0, 0.1) is 0 Å². The number of nitrogens with one attached hydrogen (secondary N) is 2. The van der Waals surface area contributed by atoms with E-state index in [1.807, 2.05) is 24.3 Å². The van der Waals surface area contributed by atoms with E-state index in [2.05, 4.69) is 17.2 Å². The third kappa shape index (κ3) is 3.81. The summed E-state index contributed by atoms with van der Waals surface area (Å²) in [7, 11) is -0.725. The van der Waals surface area contributed by atoms with E-state index >= 15 is 0 Å². The summed E-state index contributed by atoms with van der Waals surface area (Å²) >= 11 is 6.35. The molecule has 0 radical (unpaired) electrons. The van der Waals surface area contributed by atoms with Crippen molar-refractivity contribution in [3.63, 3.8) is 0 Å². The molecule has 1 aromatic carbocycles. The topological polar surface area (TPSA) is 44.9 Å². The highest BCUT2D eigenvalue weighted by Gasteiger charge is 2.10. The normalized spacial score (nSPS) is 14.7. The molecule has 0 bridgehead atoms. The standard InChI is InChI=1S/C14H19ClN2OS/c1-10(7-8-19(2)18)16-9-13-14(15)11-5-3-4-6-12(11)17-13/h3-6,10,16-17H,7-9H2,1-2H3. The van der Waals surface area contributed by atoms with Crippen LogP contribution in [0.15, 0.2) is 24.3 Å². The zero-order valence-corrected chi connectivity index (χ0v) is 12.8. The molecule has 0 aliphatic heterocycles. The van der Waals surface area contributed by atoms with E-state index in [-0.39, 0.29) is 0 Å². The van der Waals surface area contributed by atoms with E-state index in [1.165, 1.54) is 0 Å². The Morgan fingerprint density at radius 3 is 2.84 bits per heavy atom. The average Bonchev–Trinajstić information content (AvgIpc) is 2.71. The summed E-state index contributed by atoms with van der Waals surface area (Å²) in [5.74, 6) is 0.731. The van der Waals surface area contributed by atoms with Crippen LogP contribution in [-0.4, -0.2) is 27.2 Å². The lowest BCUT2D eigenvalue weighted by Crippen LogP contribution is -2.27. The number of hydrogen-bond acceptors (Lipinski definition) is 2. The van der Waals surface area contributed by atoms with Crippen molar-refractivity contribution in [3.8, 4) is 0 Å². The second-order valence-corrected chi connectivity index (χ2v) is 6.74. The van der Waals surface area contributed by atoms with Gasteiger partial charge in [0.2, 0.25) is 0 Å². The van der Waals surface area contributed by atoms with Gasteiger partial charge < -0.3 is 10.3 Å². The van der Waals surface area contributed by atoms with Crippen molar-refractivity contribution in [2.75, 3.05) is 12.0 Å². The number of benzene rings is 1. The molecule has 3 nitrogen and oxygen atoms in total. The number of para-hydroxylation sites is 1. The fourth-order valence-corrected chi connectivity index (χ4v) is 2.97. The minimum Gasteiger partial charge on any atom is -0.356 e. The highest BCUT2D eigenvalue weighted by atomic mass is 35.5. The fourth-order valence-electron chi connectivity index (χ4n) is 2.01. The van der Waals surface area contributed by atoms with Gasteiger partial charge in [-0.05, 0) is 19.4 Å². The van der Waals surface area contributed by atoms with Gasteiger partial charge in [-0.2, -0.15) is 0 Å². The Balaban J connectivity index is 1.98. The van der Waals surface area contributed by atoms with Crippen LogP contribution >= 0.6 is 11.6 Å². The van der Waals surface area contributed by atoms with E-state index < -0.39 is 10.8 Å². The van der Waals surface area contributed by atoms with Crippen molar-refractivity contribution in [1.29, 1.82) is 0 Å². The lowest BCUT2D eigenvalue weighted by atomic mass is 10.2. The molecular formula is C14H19ClN2OS. The Bertz CT molecular complexity index is 582. The maximum Gasteiger partial charge on any atom is 0.0705 e. The quantitative estimate of drug-likeness (QED) is 0.861. The Hall–Kier alpha value is -0.840.